The van der Waals surface area contributed by atoms with E-state index in [1.165, 1.54) is 4.88 Å². The van der Waals surface area contributed by atoms with Crippen molar-refractivity contribution >= 4 is 11.3 Å². The molecule has 2 aromatic rings. The average molecular weight is 177 g/mol. The Hall–Kier alpha value is -1.22. The summed E-state index contributed by atoms with van der Waals surface area (Å²) in [6.07, 6.45) is 2.51. The molecule has 0 radical (unpaired) electrons. The van der Waals surface area contributed by atoms with Crippen LogP contribution >= 0.6 is 11.3 Å². The van der Waals surface area contributed by atoms with Crippen molar-refractivity contribution in [3.8, 4) is 0 Å². The number of hydrogen-bond acceptors (Lipinski definition) is 3. The molecule has 0 atom stereocenters. The number of hydrogen-bond donors (Lipinski definition) is 0. The third kappa shape index (κ3) is 1.68. The van der Waals surface area contributed by atoms with Gasteiger partial charge >= 0.3 is 0 Å². The Bertz CT molecular complexity index is 386. The predicted octanol–water partition coefficient (Wildman–Crippen LogP) is 2.13. The summed E-state index contributed by atoms with van der Waals surface area (Å²) < 4.78 is 7.25. The Labute approximate surface area is 76.3 Å². The highest BCUT2D eigenvalue weighted by atomic mass is 32.1. The highest BCUT2D eigenvalue weighted by molar-refractivity contribution is 7.09. The van der Waals surface area contributed by atoms with Crippen molar-refractivity contribution in [2.24, 2.45) is 0 Å². The molecule has 0 aliphatic carbocycles. The lowest BCUT2D eigenvalue weighted by Crippen LogP contribution is -1.88. The van der Waals surface area contributed by atoms with Crippen molar-refractivity contribution in [1.29, 1.82) is 0 Å². The Balaban J connectivity index is 2.19. The molecule has 2 rings (SSSR count). The van der Waals surface area contributed by atoms with Gasteiger partial charge in [-0.15, -0.1) is 11.3 Å². The van der Waals surface area contributed by atoms with Crippen molar-refractivity contribution in [3.05, 3.63) is 46.7 Å². The molecule has 0 fully saturated rings. The zero-order valence-corrected chi connectivity index (χ0v) is 7.21. The summed E-state index contributed by atoms with van der Waals surface area (Å²) in [7, 11) is 0. The van der Waals surface area contributed by atoms with Crippen molar-refractivity contribution in [1.82, 2.24) is 9.97 Å². The molecule has 0 saturated heterocycles. The molecular weight excluding hydrogens is 168 g/mol. The first-order valence-corrected chi connectivity index (χ1v) is 4.53. The maximum atomic E-state index is 7.25. The molecule has 0 aromatic carbocycles. The van der Waals surface area contributed by atoms with Crippen LogP contribution in [0.25, 0.3) is 0 Å². The van der Waals surface area contributed by atoms with Gasteiger partial charge in [0.1, 0.15) is 7.67 Å². The second-order valence-electron chi connectivity index (χ2n) is 2.40. The van der Waals surface area contributed by atoms with Gasteiger partial charge in [0.25, 0.3) is 0 Å². The van der Waals surface area contributed by atoms with E-state index in [0.29, 0.717) is 0 Å². The van der Waals surface area contributed by atoms with Gasteiger partial charge in [-0.1, -0.05) is 6.07 Å². The third-order valence-corrected chi connectivity index (χ3v) is 2.40. The quantitative estimate of drug-likeness (QED) is 0.702. The molecule has 0 aliphatic heterocycles. The fourth-order valence-corrected chi connectivity index (χ4v) is 1.70. The topological polar surface area (TPSA) is 25.8 Å². The molecule has 60 valence electrons. The Kier molecular flexibility index (Phi) is 1.82. The smallest absolute Gasteiger partial charge is 0.115 e. The van der Waals surface area contributed by atoms with Gasteiger partial charge in [-0.25, -0.2) is 9.97 Å². The highest BCUT2D eigenvalue weighted by Crippen LogP contribution is 2.12. The highest BCUT2D eigenvalue weighted by Gasteiger charge is 1.96. The molecular formula is C9H8N2S. The molecule has 2 heterocycles. The Morgan fingerprint density at radius 1 is 1.50 bits per heavy atom. The maximum Gasteiger partial charge on any atom is 0.115 e. The second kappa shape index (κ2) is 3.45. The van der Waals surface area contributed by atoms with E-state index in [9.17, 15) is 0 Å². The molecule has 0 saturated carbocycles. The van der Waals surface area contributed by atoms with E-state index in [1.807, 2.05) is 17.5 Å². The standard InChI is InChI=1S/C9H8N2S/c1-2-9(12-5-1)6-8-3-4-10-7-11-8/h1-5,7H,6H2/i7D. The van der Waals surface area contributed by atoms with E-state index in [2.05, 4.69) is 16.0 Å². The zero-order chi connectivity index (χ0) is 9.10. The monoisotopic (exact) mass is 177 g/mol. The fourth-order valence-electron chi connectivity index (χ4n) is 0.977. The van der Waals surface area contributed by atoms with Gasteiger partial charge in [0.05, 0.1) is 0 Å². The van der Waals surface area contributed by atoms with Crippen LogP contribution in [0.2, 0.25) is 0 Å². The molecule has 0 bridgehead atoms. The van der Waals surface area contributed by atoms with Crippen LogP contribution in [0.1, 0.15) is 11.9 Å². The lowest BCUT2D eigenvalue weighted by Gasteiger charge is -1.94. The van der Waals surface area contributed by atoms with Gasteiger partial charge in [-0.2, -0.15) is 0 Å². The Morgan fingerprint density at radius 3 is 3.25 bits per heavy atom. The second-order valence-corrected chi connectivity index (χ2v) is 3.44. The molecule has 2 nitrogen and oxygen atoms in total. The molecule has 0 spiro atoms. The molecule has 0 aliphatic rings. The first kappa shape index (κ1) is 6.31. The maximum absolute atomic E-state index is 7.25. The van der Waals surface area contributed by atoms with Crippen LogP contribution in [-0.2, 0) is 6.42 Å². The van der Waals surface area contributed by atoms with Crippen LogP contribution in [0.15, 0.2) is 36.1 Å². The molecule has 3 heteroatoms. The van der Waals surface area contributed by atoms with Crippen LogP contribution in [0.5, 0.6) is 0 Å². The van der Waals surface area contributed by atoms with Crippen LogP contribution < -0.4 is 0 Å². The summed E-state index contributed by atoms with van der Waals surface area (Å²) in [5.41, 5.74) is 0.905. The minimum atomic E-state index is 0.0917. The summed E-state index contributed by atoms with van der Waals surface area (Å²) in [6, 6.07) is 5.93. The molecule has 12 heavy (non-hydrogen) atoms. The first-order valence-electron chi connectivity index (χ1n) is 4.15. The van der Waals surface area contributed by atoms with Gasteiger partial charge in [0.15, 0.2) is 0 Å². The number of rotatable bonds is 2. The molecule has 0 N–H and O–H groups in total. The normalized spacial score (nSPS) is 11.2. The lowest BCUT2D eigenvalue weighted by atomic mass is 10.2. The van der Waals surface area contributed by atoms with Crippen molar-refractivity contribution in [2.75, 3.05) is 0 Å². The summed E-state index contributed by atoms with van der Waals surface area (Å²) in [5, 5.41) is 2.04. The number of thiophene rings is 1. The van der Waals surface area contributed by atoms with Crippen molar-refractivity contribution in [3.63, 3.8) is 0 Å². The predicted molar refractivity (Wildman–Crippen MR) is 49.2 cm³/mol. The van der Waals surface area contributed by atoms with E-state index < -0.39 is 0 Å². The molecule has 0 unspecified atom stereocenters. The van der Waals surface area contributed by atoms with Crippen LogP contribution in [0.4, 0.5) is 0 Å². The first-order chi connectivity index (χ1) is 6.34. The number of nitrogens with zero attached hydrogens (tertiary/aromatic N) is 2. The van der Waals surface area contributed by atoms with Crippen LogP contribution in [0, 0.1) is 0 Å². The van der Waals surface area contributed by atoms with Gasteiger partial charge in [-0.05, 0) is 17.5 Å². The van der Waals surface area contributed by atoms with Crippen LogP contribution in [0.3, 0.4) is 0 Å². The van der Waals surface area contributed by atoms with E-state index in [1.54, 1.807) is 17.5 Å². The van der Waals surface area contributed by atoms with Gasteiger partial charge in [0, 0.05) is 23.2 Å². The third-order valence-electron chi connectivity index (χ3n) is 1.53. The Morgan fingerprint density at radius 2 is 2.50 bits per heavy atom. The zero-order valence-electron chi connectivity index (χ0n) is 7.40. The lowest BCUT2D eigenvalue weighted by molar-refractivity contribution is 1.04. The average Bonchev–Trinajstić information content (AvgIpc) is 2.57. The van der Waals surface area contributed by atoms with Gasteiger partial charge < -0.3 is 0 Å². The van der Waals surface area contributed by atoms with Crippen molar-refractivity contribution < 1.29 is 1.37 Å². The minimum absolute atomic E-state index is 0.0917. The van der Waals surface area contributed by atoms with Crippen molar-refractivity contribution in [2.45, 2.75) is 6.42 Å². The van der Waals surface area contributed by atoms with Gasteiger partial charge in [0.2, 0.25) is 0 Å². The summed E-state index contributed by atoms with van der Waals surface area (Å²) in [5.74, 6) is 0. The van der Waals surface area contributed by atoms with E-state index in [4.69, 9.17) is 1.37 Å². The fraction of sp³-hybridized carbons (Fsp3) is 0.111. The minimum Gasteiger partial charge on any atom is -0.245 e. The SMILES string of the molecule is [2H]c1nccc(Cc2cccs2)n1. The summed E-state index contributed by atoms with van der Waals surface area (Å²) in [4.78, 5) is 9.00. The molecule has 2 aromatic heterocycles. The number of aromatic nitrogens is 2. The summed E-state index contributed by atoms with van der Waals surface area (Å²) >= 11 is 1.70. The van der Waals surface area contributed by atoms with Crippen LogP contribution in [-0.4, -0.2) is 9.97 Å². The van der Waals surface area contributed by atoms with Gasteiger partial charge in [-0.3, -0.25) is 0 Å². The van der Waals surface area contributed by atoms with E-state index >= 15 is 0 Å². The summed E-state index contributed by atoms with van der Waals surface area (Å²) in [6.45, 7) is 0. The molecule has 0 amide bonds. The largest absolute Gasteiger partial charge is 0.245 e. The van der Waals surface area contributed by atoms with E-state index in [-0.39, 0.29) is 6.30 Å². The van der Waals surface area contributed by atoms with E-state index in [0.717, 1.165) is 12.1 Å².